The SMILES string of the molecule is COc1cc(C(=O)O)ccc1OC1CCNC1=O. The number of nitrogens with one attached hydrogen (secondary N) is 1. The Kier molecular flexibility index (Phi) is 3.36. The Morgan fingerprint density at radius 3 is 2.78 bits per heavy atom. The first kappa shape index (κ1) is 12.2. The lowest BCUT2D eigenvalue weighted by molar-refractivity contribution is -0.124. The standard InChI is InChI=1S/C12H13NO5/c1-17-10-6-7(12(15)16)2-3-8(10)18-9-4-5-13-11(9)14/h2-3,6,9H,4-5H2,1H3,(H,13,14)(H,15,16). The van der Waals surface area contributed by atoms with Gasteiger partial charge in [0.1, 0.15) is 0 Å². The van der Waals surface area contributed by atoms with Crippen LogP contribution >= 0.6 is 0 Å². The van der Waals surface area contributed by atoms with Gasteiger partial charge in [0.2, 0.25) is 0 Å². The van der Waals surface area contributed by atoms with E-state index in [1.165, 1.54) is 25.3 Å². The molecule has 1 saturated heterocycles. The van der Waals surface area contributed by atoms with Crippen molar-refractivity contribution in [3.05, 3.63) is 23.8 Å². The van der Waals surface area contributed by atoms with E-state index in [0.717, 1.165) is 0 Å². The largest absolute Gasteiger partial charge is 0.493 e. The van der Waals surface area contributed by atoms with E-state index in [0.29, 0.717) is 24.5 Å². The Labute approximate surface area is 104 Å². The Hall–Kier alpha value is -2.24. The lowest BCUT2D eigenvalue weighted by Gasteiger charge is -2.14. The van der Waals surface area contributed by atoms with Crippen LogP contribution in [0, 0.1) is 0 Å². The molecule has 6 nitrogen and oxygen atoms in total. The lowest BCUT2D eigenvalue weighted by atomic mass is 10.2. The summed E-state index contributed by atoms with van der Waals surface area (Å²) in [5, 5.41) is 11.5. The van der Waals surface area contributed by atoms with Gasteiger partial charge in [0, 0.05) is 13.0 Å². The Morgan fingerprint density at radius 1 is 1.44 bits per heavy atom. The van der Waals surface area contributed by atoms with Gasteiger partial charge in [0.05, 0.1) is 12.7 Å². The minimum atomic E-state index is -1.04. The molecule has 2 N–H and O–H groups in total. The normalized spacial score (nSPS) is 18.3. The number of carboxylic acids is 1. The van der Waals surface area contributed by atoms with Crippen LogP contribution < -0.4 is 14.8 Å². The van der Waals surface area contributed by atoms with Crippen molar-refractivity contribution in [1.82, 2.24) is 5.32 Å². The summed E-state index contributed by atoms with van der Waals surface area (Å²) in [5.41, 5.74) is 0.107. The minimum absolute atomic E-state index is 0.107. The number of carboxylic acid groups (broad SMARTS) is 1. The van der Waals surface area contributed by atoms with Gasteiger partial charge >= 0.3 is 5.97 Å². The van der Waals surface area contributed by atoms with E-state index in [4.69, 9.17) is 14.6 Å². The second-order valence-electron chi connectivity index (χ2n) is 3.86. The van der Waals surface area contributed by atoms with Gasteiger partial charge in [-0.1, -0.05) is 0 Å². The zero-order chi connectivity index (χ0) is 13.1. The van der Waals surface area contributed by atoms with Crippen LogP contribution in [0.4, 0.5) is 0 Å². The predicted octanol–water partition coefficient (Wildman–Crippen LogP) is 0.661. The van der Waals surface area contributed by atoms with Gasteiger partial charge in [-0.05, 0) is 18.2 Å². The van der Waals surface area contributed by atoms with Crippen molar-refractivity contribution in [2.24, 2.45) is 0 Å². The smallest absolute Gasteiger partial charge is 0.335 e. The fourth-order valence-corrected chi connectivity index (χ4v) is 1.74. The van der Waals surface area contributed by atoms with Gasteiger partial charge < -0.3 is 19.9 Å². The molecule has 0 spiro atoms. The Morgan fingerprint density at radius 2 is 2.22 bits per heavy atom. The highest BCUT2D eigenvalue weighted by atomic mass is 16.5. The van der Waals surface area contributed by atoms with E-state index in [1.54, 1.807) is 0 Å². The van der Waals surface area contributed by atoms with Crippen LogP contribution in [0.15, 0.2) is 18.2 Å². The molecule has 0 bridgehead atoms. The molecule has 6 heteroatoms. The highest BCUT2D eigenvalue weighted by Gasteiger charge is 2.27. The van der Waals surface area contributed by atoms with Gasteiger partial charge in [-0.2, -0.15) is 0 Å². The lowest BCUT2D eigenvalue weighted by Crippen LogP contribution is -2.27. The first-order valence-corrected chi connectivity index (χ1v) is 5.47. The maximum absolute atomic E-state index is 11.4. The van der Waals surface area contributed by atoms with Crippen molar-refractivity contribution in [3.8, 4) is 11.5 Å². The summed E-state index contributed by atoms with van der Waals surface area (Å²) < 4.78 is 10.6. The maximum Gasteiger partial charge on any atom is 0.335 e. The zero-order valence-electron chi connectivity index (χ0n) is 9.80. The number of aromatic carboxylic acids is 1. The fourth-order valence-electron chi connectivity index (χ4n) is 1.74. The topological polar surface area (TPSA) is 84.9 Å². The quantitative estimate of drug-likeness (QED) is 0.821. The molecule has 1 unspecified atom stereocenters. The van der Waals surface area contributed by atoms with E-state index in [2.05, 4.69) is 5.32 Å². The van der Waals surface area contributed by atoms with Crippen molar-refractivity contribution in [1.29, 1.82) is 0 Å². The monoisotopic (exact) mass is 251 g/mol. The summed E-state index contributed by atoms with van der Waals surface area (Å²) in [7, 11) is 1.42. The van der Waals surface area contributed by atoms with Gasteiger partial charge in [-0.3, -0.25) is 4.79 Å². The summed E-state index contributed by atoms with van der Waals surface area (Å²) in [6.07, 6.45) is 0.0393. The number of hydrogen-bond donors (Lipinski definition) is 2. The number of ether oxygens (including phenoxy) is 2. The predicted molar refractivity (Wildman–Crippen MR) is 62.0 cm³/mol. The highest BCUT2D eigenvalue weighted by molar-refractivity contribution is 5.88. The first-order chi connectivity index (χ1) is 8.61. The molecule has 1 aromatic rings. The number of amides is 1. The molecule has 1 aromatic carbocycles. The molecule has 1 amide bonds. The van der Waals surface area contributed by atoms with E-state index in [-0.39, 0.29) is 11.5 Å². The van der Waals surface area contributed by atoms with Gasteiger partial charge in [0.15, 0.2) is 17.6 Å². The summed E-state index contributed by atoms with van der Waals surface area (Å²) in [5.74, 6) is -0.544. The highest BCUT2D eigenvalue weighted by Crippen LogP contribution is 2.29. The average Bonchev–Trinajstić information content (AvgIpc) is 2.75. The number of hydrogen-bond acceptors (Lipinski definition) is 4. The number of methoxy groups -OCH3 is 1. The third kappa shape index (κ3) is 2.37. The Bertz CT molecular complexity index is 485. The van der Waals surface area contributed by atoms with Gasteiger partial charge in [0.25, 0.3) is 5.91 Å². The van der Waals surface area contributed by atoms with Crippen molar-refractivity contribution in [2.75, 3.05) is 13.7 Å². The number of benzene rings is 1. The molecule has 1 aliphatic rings. The third-order valence-electron chi connectivity index (χ3n) is 2.68. The Balaban J connectivity index is 2.22. The molecule has 1 aliphatic heterocycles. The third-order valence-corrected chi connectivity index (χ3v) is 2.68. The van der Waals surface area contributed by atoms with Crippen LogP contribution in [0.3, 0.4) is 0 Å². The molecule has 0 aromatic heterocycles. The molecule has 0 aliphatic carbocycles. The molecule has 1 atom stereocenters. The summed E-state index contributed by atoms with van der Waals surface area (Å²) in [6, 6.07) is 4.27. The summed E-state index contributed by atoms with van der Waals surface area (Å²) in [4.78, 5) is 22.2. The summed E-state index contributed by atoms with van der Waals surface area (Å²) in [6.45, 7) is 0.582. The second kappa shape index (κ2) is 4.95. The van der Waals surface area contributed by atoms with E-state index >= 15 is 0 Å². The maximum atomic E-state index is 11.4. The molecule has 1 fully saturated rings. The summed E-state index contributed by atoms with van der Waals surface area (Å²) >= 11 is 0. The molecule has 0 radical (unpaired) electrons. The van der Waals surface area contributed by atoms with Crippen molar-refractivity contribution >= 4 is 11.9 Å². The molecular formula is C12H13NO5. The number of rotatable bonds is 4. The van der Waals surface area contributed by atoms with Crippen molar-refractivity contribution in [3.63, 3.8) is 0 Å². The first-order valence-electron chi connectivity index (χ1n) is 5.47. The number of carbonyl (C=O) groups is 2. The van der Waals surface area contributed by atoms with Crippen molar-refractivity contribution < 1.29 is 24.2 Å². The van der Waals surface area contributed by atoms with Crippen LogP contribution in [0.25, 0.3) is 0 Å². The van der Waals surface area contributed by atoms with E-state index in [9.17, 15) is 9.59 Å². The van der Waals surface area contributed by atoms with Crippen LogP contribution in [0.2, 0.25) is 0 Å². The molecule has 18 heavy (non-hydrogen) atoms. The van der Waals surface area contributed by atoms with Gasteiger partial charge in [-0.15, -0.1) is 0 Å². The van der Waals surface area contributed by atoms with E-state index in [1.807, 2.05) is 0 Å². The minimum Gasteiger partial charge on any atom is -0.493 e. The van der Waals surface area contributed by atoms with Crippen molar-refractivity contribution in [2.45, 2.75) is 12.5 Å². The van der Waals surface area contributed by atoms with Crippen LogP contribution in [0.1, 0.15) is 16.8 Å². The fraction of sp³-hybridized carbons (Fsp3) is 0.333. The molecule has 2 rings (SSSR count). The zero-order valence-corrected chi connectivity index (χ0v) is 9.80. The second-order valence-corrected chi connectivity index (χ2v) is 3.86. The van der Waals surface area contributed by atoms with Crippen LogP contribution in [0.5, 0.6) is 11.5 Å². The van der Waals surface area contributed by atoms with E-state index < -0.39 is 12.1 Å². The van der Waals surface area contributed by atoms with Gasteiger partial charge in [-0.25, -0.2) is 4.79 Å². The molecule has 0 saturated carbocycles. The van der Waals surface area contributed by atoms with Crippen LogP contribution in [-0.4, -0.2) is 36.7 Å². The van der Waals surface area contributed by atoms with Crippen LogP contribution in [-0.2, 0) is 4.79 Å². The number of carbonyl (C=O) groups excluding carboxylic acids is 1. The molecule has 1 heterocycles. The average molecular weight is 251 g/mol. The molecule has 96 valence electrons. The molecular weight excluding hydrogens is 238 g/mol.